The Bertz CT molecular complexity index is 738. The highest BCUT2D eigenvalue weighted by molar-refractivity contribution is 5.72. The van der Waals surface area contributed by atoms with E-state index in [0.717, 1.165) is 51.3 Å². The number of benzene rings is 1. The topological polar surface area (TPSA) is 65.9 Å². The molecule has 6 nitrogen and oxygen atoms in total. The lowest BCUT2D eigenvalue weighted by atomic mass is 10.2. The van der Waals surface area contributed by atoms with Gasteiger partial charge in [0.2, 0.25) is 0 Å². The summed E-state index contributed by atoms with van der Waals surface area (Å²) in [6.45, 7) is 7.32. The van der Waals surface area contributed by atoms with Crippen molar-refractivity contribution < 1.29 is 14.6 Å². The Hall–Kier alpha value is -2.44. The fraction of sp³-hybridized carbons (Fsp3) is 0.429. The summed E-state index contributed by atoms with van der Waals surface area (Å²) in [7, 11) is 0. The Kier molecular flexibility index (Phi) is 6.79. The van der Waals surface area contributed by atoms with Gasteiger partial charge in [-0.05, 0) is 44.1 Å². The first-order valence-corrected chi connectivity index (χ1v) is 9.43. The van der Waals surface area contributed by atoms with E-state index in [4.69, 9.17) is 9.84 Å². The highest BCUT2D eigenvalue weighted by Gasteiger charge is 2.18. The molecule has 1 unspecified atom stereocenters. The minimum absolute atomic E-state index is 0.656. The SMILES string of the molecule is CC(Oc1ccccc1CN1CCCN(Cc2cccnc2)CC1)C(=O)O. The molecule has 0 radical (unpaired) electrons. The maximum atomic E-state index is 11.1. The molecule has 0 aliphatic carbocycles. The van der Waals surface area contributed by atoms with Crippen molar-refractivity contribution in [3.63, 3.8) is 0 Å². The average molecular weight is 369 g/mol. The van der Waals surface area contributed by atoms with E-state index in [-0.39, 0.29) is 0 Å². The number of ether oxygens (including phenoxy) is 1. The molecule has 1 aliphatic rings. The Morgan fingerprint density at radius 2 is 1.85 bits per heavy atom. The van der Waals surface area contributed by atoms with Gasteiger partial charge in [-0.25, -0.2) is 4.79 Å². The number of hydrogen-bond acceptors (Lipinski definition) is 5. The normalized spacial score (nSPS) is 17.2. The van der Waals surface area contributed by atoms with Crippen LogP contribution in [0.15, 0.2) is 48.8 Å². The van der Waals surface area contributed by atoms with Crippen LogP contribution in [0.4, 0.5) is 0 Å². The van der Waals surface area contributed by atoms with Gasteiger partial charge in [0, 0.05) is 44.1 Å². The molecule has 6 heteroatoms. The molecule has 144 valence electrons. The largest absolute Gasteiger partial charge is 0.479 e. The smallest absolute Gasteiger partial charge is 0.344 e. The van der Waals surface area contributed by atoms with Crippen LogP contribution < -0.4 is 4.74 Å². The molecule has 0 bridgehead atoms. The van der Waals surface area contributed by atoms with Gasteiger partial charge in [0.05, 0.1) is 0 Å². The van der Waals surface area contributed by atoms with Crippen LogP contribution in [0.3, 0.4) is 0 Å². The van der Waals surface area contributed by atoms with Crippen molar-refractivity contribution in [3.05, 3.63) is 59.9 Å². The molecule has 1 fully saturated rings. The lowest BCUT2D eigenvalue weighted by Crippen LogP contribution is -2.30. The zero-order valence-electron chi connectivity index (χ0n) is 15.8. The second-order valence-electron chi connectivity index (χ2n) is 6.97. The van der Waals surface area contributed by atoms with Crippen LogP contribution in [0.1, 0.15) is 24.5 Å². The van der Waals surface area contributed by atoms with Gasteiger partial charge in [0.25, 0.3) is 0 Å². The van der Waals surface area contributed by atoms with Crippen LogP contribution in [0.2, 0.25) is 0 Å². The quantitative estimate of drug-likeness (QED) is 0.809. The number of pyridine rings is 1. The molecule has 27 heavy (non-hydrogen) atoms. The van der Waals surface area contributed by atoms with Gasteiger partial charge in [0.1, 0.15) is 5.75 Å². The summed E-state index contributed by atoms with van der Waals surface area (Å²) in [6.07, 6.45) is 3.98. The number of para-hydroxylation sites is 1. The van der Waals surface area contributed by atoms with Crippen LogP contribution in [0.5, 0.6) is 5.75 Å². The molecule has 3 rings (SSSR count). The Morgan fingerprint density at radius 1 is 1.11 bits per heavy atom. The summed E-state index contributed by atoms with van der Waals surface area (Å²) < 4.78 is 5.64. The third-order valence-corrected chi connectivity index (χ3v) is 4.83. The summed E-state index contributed by atoms with van der Waals surface area (Å²) >= 11 is 0. The predicted molar refractivity (Wildman–Crippen MR) is 104 cm³/mol. The van der Waals surface area contributed by atoms with Gasteiger partial charge in [0.15, 0.2) is 6.10 Å². The number of aromatic nitrogens is 1. The number of carboxylic acids is 1. The summed E-state index contributed by atoms with van der Waals surface area (Å²) in [4.78, 5) is 20.2. The van der Waals surface area contributed by atoms with Gasteiger partial charge in [-0.15, -0.1) is 0 Å². The molecule has 1 aromatic heterocycles. The van der Waals surface area contributed by atoms with Gasteiger partial charge in [-0.2, -0.15) is 0 Å². The van der Waals surface area contributed by atoms with Crippen LogP contribution in [0, 0.1) is 0 Å². The summed E-state index contributed by atoms with van der Waals surface area (Å²) in [5.41, 5.74) is 2.28. The van der Waals surface area contributed by atoms with Crippen LogP contribution in [0.25, 0.3) is 0 Å². The van der Waals surface area contributed by atoms with Crippen molar-refractivity contribution in [3.8, 4) is 5.75 Å². The van der Waals surface area contributed by atoms with Crippen LogP contribution >= 0.6 is 0 Å². The molecule has 0 amide bonds. The minimum atomic E-state index is -0.953. The van der Waals surface area contributed by atoms with E-state index in [1.165, 1.54) is 5.56 Å². The number of carbonyl (C=O) groups is 1. The molecule has 0 spiro atoms. The van der Waals surface area contributed by atoms with Crippen molar-refractivity contribution in [2.75, 3.05) is 26.2 Å². The Morgan fingerprint density at radius 3 is 2.56 bits per heavy atom. The first kappa shape index (κ1) is 19.3. The molecule has 1 aromatic carbocycles. The fourth-order valence-corrected chi connectivity index (χ4v) is 3.32. The van der Waals surface area contributed by atoms with Crippen molar-refractivity contribution >= 4 is 5.97 Å². The van der Waals surface area contributed by atoms with Gasteiger partial charge < -0.3 is 9.84 Å². The van der Waals surface area contributed by atoms with Crippen molar-refractivity contribution in [2.24, 2.45) is 0 Å². The van der Waals surface area contributed by atoms with E-state index in [0.29, 0.717) is 5.75 Å². The van der Waals surface area contributed by atoms with E-state index < -0.39 is 12.1 Å². The van der Waals surface area contributed by atoms with E-state index >= 15 is 0 Å². The zero-order chi connectivity index (χ0) is 19.1. The Balaban J connectivity index is 1.58. The molecular weight excluding hydrogens is 342 g/mol. The predicted octanol–water partition coefficient (Wildman–Crippen LogP) is 2.64. The van der Waals surface area contributed by atoms with Crippen molar-refractivity contribution in [2.45, 2.75) is 32.5 Å². The first-order valence-electron chi connectivity index (χ1n) is 9.43. The average Bonchev–Trinajstić information content (AvgIpc) is 2.89. The summed E-state index contributed by atoms with van der Waals surface area (Å²) in [5.74, 6) is -0.297. The van der Waals surface area contributed by atoms with E-state index in [1.54, 1.807) is 13.1 Å². The third kappa shape index (κ3) is 5.77. The third-order valence-electron chi connectivity index (χ3n) is 4.83. The summed E-state index contributed by atoms with van der Waals surface area (Å²) in [6, 6.07) is 11.8. The molecule has 1 aliphatic heterocycles. The second-order valence-corrected chi connectivity index (χ2v) is 6.97. The number of nitrogens with zero attached hydrogens (tertiary/aromatic N) is 3. The van der Waals surface area contributed by atoms with Crippen molar-refractivity contribution in [1.82, 2.24) is 14.8 Å². The fourth-order valence-electron chi connectivity index (χ4n) is 3.32. The molecule has 2 aromatic rings. The van der Waals surface area contributed by atoms with Gasteiger partial charge >= 0.3 is 5.97 Å². The highest BCUT2D eigenvalue weighted by Crippen LogP contribution is 2.22. The second kappa shape index (κ2) is 9.48. The summed E-state index contributed by atoms with van der Waals surface area (Å²) in [5, 5.41) is 9.10. The monoisotopic (exact) mass is 369 g/mol. The molecule has 1 saturated heterocycles. The molecule has 1 N–H and O–H groups in total. The molecule has 0 saturated carbocycles. The zero-order valence-corrected chi connectivity index (χ0v) is 15.8. The maximum Gasteiger partial charge on any atom is 0.344 e. The lowest BCUT2D eigenvalue weighted by molar-refractivity contribution is -0.144. The lowest BCUT2D eigenvalue weighted by Gasteiger charge is -2.23. The van der Waals surface area contributed by atoms with E-state index in [1.807, 2.05) is 36.5 Å². The minimum Gasteiger partial charge on any atom is -0.479 e. The van der Waals surface area contributed by atoms with Crippen LogP contribution in [-0.2, 0) is 17.9 Å². The van der Waals surface area contributed by atoms with E-state index in [2.05, 4.69) is 20.9 Å². The molecular formula is C21H27N3O3. The molecule has 2 heterocycles. The standard InChI is InChI=1S/C21H27N3O3/c1-17(21(25)26)27-20-8-3-2-7-19(20)16-24-11-5-10-23(12-13-24)15-18-6-4-9-22-14-18/h2-4,6-9,14,17H,5,10-13,15-16H2,1H3,(H,25,26). The Labute approximate surface area is 160 Å². The first-order chi connectivity index (χ1) is 13.1. The van der Waals surface area contributed by atoms with Gasteiger partial charge in [-0.1, -0.05) is 24.3 Å². The van der Waals surface area contributed by atoms with Crippen LogP contribution in [-0.4, -0.2) is 58.1 Å². The number of rotatable bonds is 7. The number of aliphatic carboxylic acids is 1. The van der Waals surface area contributed by atoms with Crippen molar-refractivity contribution in [1.29, 1.82) is 0 Å². The van der Waals surface area contributed by atoms with Gasteiger partial charge in [-0.3, -0.25) is 14.8 Å². The maximum absolute atomic E-state index is 11.1. The number of hydrogen-bond donors (Lipinski definition) is 1. The highest BCUT2D eigenvalue weighted by atomic mass is 16.5. The number of carboxylic acid groups (broad SMARTS) is 1. The molecule has 1 atom stereocenters. The van der Waals surface area contributed by atoms with E-state index in [9.17, 15) is 4.79 Å².